The van der Waals surface area contributed by atoms with Crippen LogP contribution in [-0.4, -0.2) is 35.7 Å². The second-order valence-corrected chi connectivity index (χ2v) is 5.85. The molecule has 0 bridgehead atoms. The van der Waals surface area contributed by atoms with Crippen LogP contribution < -0.4 is 14.8 Å². The highest BCUT2D eigenvalue weighted by atomic mass is 16.6. The fourth-order valence-electron chi connectivity index (χ4n) is 2.70. The molecule has 0 aromatic heterocycles. The third-order valence-electron chi connectivity index (χ3n) is 3.99. The van der Waals surface area contributed by atoms with E-state index in [0.29, 0.717) is 24.5 Å². The van der Waals surface area contributed by atoms with Gasteiger partial charge in [0.2, 0.25) is 6.10 Å². The molecule has 0 radical (unpaired) electrons. The lowest BCUT2D eigenvalue weighted by Gasteiger charge is -2.31. The van der Waals surface area contributed by atoms with Gasteiger partial charge in [-0.2, -0.15) is 0 Å². The van der Waals surface area contributed by atoms with Gasteiger partial charge in [-0.05, 0) is 43.2 Å². The molecule has 0 aliphatic carbocycles. The summed E-state index contributed by atoms with van der Waals surface area (Å²) in [5, 5.41) is 11.8. The highest BCUT2D eigenvalue weighted by Crippen LogP contribution is 2.33. The number of para-hydroxylation sites is 2. The fraction of sp³-hybridized carbons (Fsp3) is 0.263. The molecule has 3 rings (SSSR count). The van der Waals surface area contributed by atoms with Gasteiger partial charge in [-0.1, -0.05) is 24.3 Å². The molecule has 1 heterocycles. The zero-order valence-electron chi connectivity index (χ0n) is 13.8. The number of ether oxygens (including phenoxy) is 2. The molecule has 1 aliphatic heterocycles. The predicted molar refractivity (Wildman–Crippen MR) is 91.1 cm³/mol. The average Bonchev–Trinajstić information content (AvgIpc) is 2.61. The summed E-state index contributed by atoms with van der Waals surface area (Å²) in [7, 11) is 0. The van der Waals surface area contributed by atoms with Crippen LogP contribution in [-0.2, 0) is 11.2 Å². The Hall–Kier alpha value is -3.02. The smallest absolute Gasteiger partial charge is 0.335 e. The predicted octanol–water partition coefficient (Wildman–Crippen LogP) is 2.27. The van der Waals surface area contributed by atoms with Crippen LogP contribution in [0.2, 0.25) is 0 Å². The number of hydrogen-bond acceptors (Lipinski definition) is 4. The van der Waals surface area contributed by atoms with E-state index in [-0.39, 0.29) is 11.5 Å². The minimum absolute atomic E-state index is 0.234. The zero-order chi connectivity index (χ0) is 17.8. The summed E-state index contributed by atoms with van der Waals surface area (Å²) in [4.78, 5) is 23.4. The van der Waals surface area contributed by atoms with Crippen LogP contribution >= 0.6 is 0 Å². The van der Waals surface area contributed by atoms with Gasteiger partial charge in [0, 0.05) is 6.54 Å². The van der Waals surface area contributed by atoms with Crippen molar-refractivity contribution in [3.63, 3.8) is 0 Å². The topological polar surface area (TPSA) is 84.9 Å². The standard InChI is InChI=1S/C19H19NO5/c1-12-17(25-16-8-3-2-7-15(16)24-12)18(21)20-10-9-13-5-4-6-14(11-13)19(22)23/h2-8,11-12,17H,9-10H2,1H3,(H,20,21)(H,22,23)/t12-,17+/m0/s1. The van der Waals surface area contributed by atoms with Crippen molar-refractivity contribution in [3.05, 3.63) is 59.7 Å². The third-order valence-corrected chi connectivity index (χ3v) is 3.99. The first kappa shape index (κ1) is 16.8. The lowest BCUT2D eigenvalue weighted by atomic mass is 10.1. The van der Waals surface area contributed by atoms with Gasteiger partial charge in [0.1, 0.15) is 6.10 Å². The molecule has 6 heteroatoms. The minimum atomic E-state index is -0.967. The summed E-state index contributed by atoms with van der Waals surface area (Å²) in [6.07, 6.45) is -0.587. The molecule has 2 N–H and O–H groups in total. The van der Waals surface area contributed by atoms with E-state index in [1.165, 1.54) is 6.07 Å². The van der Waals surface area contributed by atoms with Gasteiger partial charge in [-0.25, -0.2) is 4.79 Å². The number of rotatable bonds is 5. The zero-order valence-corrected chi connectivity index (χ0v) is 13.8. The van der Waals surface area contributed by atoms with Gasteiger partial charge in [-0.15, -0.1) is 0 Å². The normalized spacial score (nSPS) is 18.4. The molecular formula is C19H19NO5. The van der Waals surface area contributed by atoms with Crippen molar-refractivity contribution in [2.45, 2.75) is 25.6 Å². The summed E-state index contributed by atoms with van der Waals surface area (Å²) in [6.45, 7) is 2.17. The Bertz CT molecular complexity index is 789. The lowest BCUT2D eigenvalue weighted by molar-refractivity contribution is -0.133. The van der Waals surface area contributed by atoms with Gasteiger partial charge in [0.25, 0.3) is 5.91 Å². The second-order valence-electron chi connectivity index (χ2n) is 5.85. The number of aromatic carboxylic acids is 1. The maximum Gasteiger partial charge on any atom is 0.335 e. The maximum atomic E-state index is 12.4. The quantitative estimate of drug-likeness (QED) is 0.871. The van der Waals surface area contributed by atoms with Crippen molar-refractivity contribution < 1.29 is 24.2 Å². The van der Waals surface area contributed by atoms with E-state index in [1.54, 1.807) is 31.2 Å². The second kappa shape index (κ2) is 7.25. The first-order valence-corrected chi connectivity index (χ1v) is 8.07. The Balaban J connectivity index is 1.56. The van der Waals surface area contributed by atoms with Crippen LogP contribution in [0.4, 0.5) is 0 Å². The molecule has 1 amide bonds. The van der Waals surface area contributed by atoms with Crippen molar-refractivity contribution in [2.24, 2.45) is 0 Å². The number of carboxylic acid groups (broad SMARTS) is 1. The molecule has 130 valence electrons. The number of carbonyl (C=O) groups excluding carboxylic acids is 1. The Labute approximate surface area is 145 Å². The molecular weight excluding hydrogens is 322 g/mol. The SMILES string of the molecule is C[C@@H]1Oc2ccccc2O[C@H]1C(=O)NCCc1cccc(C(=O)O)c1. The largest absolute Gasteiger partial charge is 0.482 e. The molecule has 25 heavy (non-hydrogen) atoms. The molecule has 0 saturated heterocycles. The van der Waals surface area contributed by atoms with Crippen molar-refractivity contribution in [1.82, 2.24) is 5.32 Å². The van der Waals surface area contributed by atoms with Crippen LogP contribution in [0.15, 0.2) is 48.5 Å². The molecule has 2 atom stereocenters. The van der Waals surface area contributed by atoms with Crippen molar-refractivity contribution in [2.75, 3.05) is 6.54 Å². The van der Waals surface area contributed by atoms with Crippen molar-refractivity contribution in [3.8, 4) is 11.5 Å². The highest BCUT2D eigenvalue weighted by Gasteiger charge is 2.33. The number of nitrogens with one attached hydrogen (secondary N) is 1. The van der Waals surface area contributed by atoms with Gasteiger partial charge in [-0.3, -0.25) is 4.79 Å². The van der Waals surface area contributed by atoms with E-state index in [9.17, 15) is 9.59 Å². The van der Waals surface area contributed by atoms with Crippen LogP contribution in [0, 0.1) is 0 Å². The average molecular weight is 341 g/mol. The highest BCUT2D eigenvalue weighted by molar-refractivity contribution is 5.87. The minimum Gasteiger partial charge on any atom is -0.482 e. The Morgan fingerprint density at radius 3 is 2.52 bits per heavy atom. The van der Waals surface area contributed by atoms with E-state index >= 15 is 0 Å². The van der Waals surface area contributed by atoms with E-state index < -0.39 is 18.2 Å². The molecule has 1 aliphatic rings. The summed E-state index contributed by atoms with van der Waals surface area (Å²) < 4.78 is 11.5. The molecule has 0 unspecified atom stereocenters. The van der Waals surface area contributed by atoms with Gasteiger partial charge < -0.3 is 19.9 Å². The third kappa shape index (κ3) is 3.91. The van der Waals surface area contributed by atoms with Gasteiger partial charge in [0.05, 0.1) is 5.56 Å². The number of benzene rings is 2. The Morgan fingerprint density at radius 1 is 1.08 bits per heavy atom. The van der Waals surface area contributed by atoms with Crippen LogP contribution in [0.3, 0.4) is 0 Å². The lowest BCUT2D eigenvalue weighted by Crippen LogP contribution is -2.49. The summed E-state index contributed by atoms with van der Waals surface area (Å²) in [5.41, 5.74) is 1.08. The van der Waals surface area contributed by atoms with E-state index in [2.05, 4.69) is 5.32 Å². The molecule has 2 aromatic carbocycles. The molecule has 0 fully saturated rings. The maximum absolute atomic E-state index is 12.4. The summed E-state index contributed by atoms with van der Waals surface area (Å²) in [5.74, 6) is -0.0398. The Morgan fingerprint density at radius 2 is 1.80 bits per heavy atom. The monoisotopic (exact) mass is 341 g/mol. The van der Waals surface area contributed by atoms with Gasteiger partial charge >= 0.3 is 5.97 Å². The molecule has 0 spiro atoms. The van der Waals surface area contributed by atoms with E-state index in [0.717, 1.165) is 5.56 Å². The molecule has 6 nitrogen and oxygen atoms in total. The molecule has 2 aromatic rings. The Kier molecular flexibility index (Phi) is 4.88. The summed E-state index contributed by atoms with van der Waals surface area (Å²) in [6, 6.07) is 13.9. The van der Waals surface area contributed by atoms with Crippen LogP contribution in [0.1, 0.15) is 22.8 Å². The first-order chi connectivity index (χ1) is 12.0. The number of fused-ring (bicyclic) bond motifs is 1. The first-order valence-electron chi connectivity index (χ1n) is 8.07. The number of amides is 1. The number of carboxylic acids is 1. The van der Waals surface area contributed by atoms with E-state index in [4.69, 9.17) is 14.6 Å². The number of hydrogen-bond donors (Lipinski definition) is 2. The number of carbonyl (C=O) groups is 2. The summed E-state index contributed by atoms with van der Waals surface area (Å²) >= 11 is 0. The fourth-order valence-corrected chi connectivity index (χ4v) is 2.70. The van der Waals surface area contributed by atoms with Gasteiger partial charge in [0.15, 0.2) is 11.5 Å². The molecule has 0 saturated carbocycles. The van der Waals surface area contributed by atoms with Crippen molar-refractivity contribution in [1.29, 1.82) is 0 Å². The van der Waals surface area contributed by atoms with Crippen LogP contribution in [0.5, 0.6) is 11.5 Å². The van der Waals surface area contributed by atoms with Crippen LogP contribution in [0.25, 0.3) is 0 Å². The van der Waals surface area contributed by atoms with Crippen molar-refractivity contribution >= 4 is 11.9 Å². The van der Waals surface area contributed by atoms with E-state index in [1.807, 2.05) is 18.2 Å².